The van der Waals surface area contributed by atoms with Crippen LogP contribution in [0.15, 0.2) is 30.3 Å². The molecule has 10 nitrogen and oxygen atoms in total. The van der Waals surface area contributed by atoms with Crippen LogP contribution in [0.3, 0.4) is 0 Å². The van der Waals surface area contributed by atoms with Crippen LogP contribution in [0.25, 0.3) is 0 Å². The van der Waals surface area contributed by atoms with Gasteiger partial charge in [0.1, 0.15) is 17.2 Å². The van der Waals surface area contributed by atoms with Gasteiger partial charge in [0.2, 0.25) is 5.88 Å². The smallest absolute Gasteiger partial charge is 0.410 e. The van der Waals surface area contributed by atoms with E-state index in [0.717, 1.165) is 24.0 Å². The Morgan fingerprint density at radius 1 is 1.19 bits per heavy atom. The highest BCUT2D eigenvalue weighted by atomic mass is 16.6. The van der Waals surface area contributed by atoms with Gasteiger partial charge in [-0.3, -0.25) is 9.69 Å². The minimum absolute atomic E-state index is 0.0771. The molecule has 2 atom stereocenters. The number of aliphatic hydroxyl groups is 1. The molecule has 4 N–H and O–H groups in total. The Hall–Kier alpha value is -3.53. The Bertz CT molecular complexity index is 1140. The van der Waals surface area contributed by atoms with Gasteiger partial charge >= 0.3 is 6.09 Å². The number of carbonyl (C=O) groups is 2. The summed E-state index contributed by atoms with van der Waals surface area (Å²) in [5.41, 5.74) is 1.34. The van der Waals surface area contributed by atoms with E-state index >= 15 is 0 Å². The third kappa shape index (κ3) is 6.62. The number of nitrogens with zero attached hydrogens (tertiary/aromatic N) is 2. The number of phenols is 1. The number of benzene rings is 1. The van der Waals surface area contributed by atoms with Crippen molar-refractivity contribution in [3.8, 4) is 11.6 Å². The normalized spacial score (nSPS) is 18.3. The van der Waals surface area contributed by atoms with Crippen LogP contribution in [-0.4, -0.2) is 69.5 Å². The monoisotopic (exact) mass is 512 g/mol. The fourth-order valence-corrected chi connectivity index (χ4v) is 4.47. The first-order valence-electron chi connectivity index (χ1n) is 12.6. The Morgan fingerprint density at radius 2 is 1.95 bits per heavy atom. The predicted octanol–water partition coefficient (Wildman–Crippen LogP) is 3.21. The SMILES string of the molecule is COc1cc(C(=O)NC[C@@H](O)[C@@H]2Cc3ccc(O)cc3CN2C(=O)OC(C)(C)C)cc(NC2CCC2)n1. The summed E-state index contributed by atoms with van der Waals surface area (Å²) in [5, 5.41) is 27.1. The lowest BCUT2D eigenvalue weighted by atomic mass is 9.91. The fourth-order valence-electron chi connectivity index (χ4n) is 4.47. The van der Waals surface area contributed by atoms with Crippen molar-refractivity contribution in [3.63, 3.8) is 0 Å². The number of methoxy groups -OCH3 is 1. The Balaban J connectivity index is 1.47. The molecule has 37 heavy (non-hydrogen) atoms. The number of aromatic nitrogens is 1. The summed E-state index contributed by atoms with van der Waals surface area (Å²) in [5.74, 6) is 0.603. The van der Waals surface area contributed by atoms with E-state index in [-0.39, 0.29) is 24.7 Å². The van der Waals surface area contributed by atoms with Gasteiger partial charge in [0.15, 0.2) is 0 Å². The van der Waals surface area contributed by atoms with Gasteiger partial charge in [-0.1, -0.05) is 6.07 Å². The standard InChI is InChI=1S/C27H36N4O6/c1-27(2,3)37-26(35)31-15-18-10-20(32)9-8-16(18)11-21(31)22(33)14-28-25(34)17-12-23(29-19-6-5-7-19)30-24(13-17)36-4/h8-10,12-13,19,21-22,32-33H,5-7,11,14-15H2,1-4H3,(H,28,34)(H,29,30)/t21-,22+/m0/s1. The molecule has 2 amide bonds. The molecular weight excluding hydrogens is 476 g/mol. The zero-order valence-corrected chi connectivity index (χ0v) is 21.8. The average Bonchev–Trinajstić information content (AvgIpc) is 2.82. The van der Waals surface area contributed by atoms with E-state index in [4.69, 9.17) is 9.47 Å². The van der Waals surface area contributed by atoms with Crippen molar-refractivity contribution in [2.75, 3.05) is 19.0 Å². The van der Waals surface area contributed by atoms with Gasteiger partial charge in [0, 0.05) is 30.8 Å². The minimum Gasteiger partial charge on any atom is -0.508 e. The number of aliphatic hydroxyl groups excluding tert-OH is 1. The summed E-state index contributed by atoms with van der Waals surface area (Å²) >= 11 is 0. The summed E-state index contributed by atoms with van der Waals surface area (Å²) in [6.45, 7) is 5.42. The highest BCUT2D eigenvalue weighted by molar-refractivity contribution is 5.95. The van der Waals surface area contributed by atoms with Gasteiger partial charge in [-0.15, -0.1) is 0 Å². The largest absolute Gasteiger partial charge is 0.508 e. The molecule has 0 unspecified atom stereocenters. The van der Waals surface area contributed by atoms with Crippen molar-refractivity contribution in [1.29, 1.82) is 0 Å². The van der Waals surface area contributed by atoms with E-state index < -0.39 is 23.8 Å². The van der Waals surface area contributed by atoms with E-state index in [0.29, 0.717) is 29.7 Å². The molecule has 0 saturated heterocycles. The molecule has 0 bridgehead atoms. The summed E-state index contributed by atoms with van der Waals surface area (Å²) in [6, 6.07) is 7.91. The van der Waals surface area contributed by atoms with Crippen molar-refractivity contribution in [3.05, 3.63) is 47.0 Å². The lowest BCUT2D eigenvalue weighted by Gasteiger charge is -2.40. The lowest BCUT2D eigenvalue weighted by Crippen LogP contribution is -2.54. The lowest BCUT2D eigenvalue weighted by molar-refractivity contribution is -0.0113. The topological polar surface area (TPSA) is 133 Å². The predicted molar refractivity (Wildman–Crippen MR) is 138 cm³/mol. The highest BCUT2D eigenvalue weighted by Crippen LogP contribution is 2.29. The van der Waals surface area contributed by atoms with Crippen LogP contribution in [0, 0.1) is 0 Å². The quantitative estimate of drug-likeness (QED) is 0.445. The second-order valence-electron chi connectivity index (χ2n) is 10.7. The van der Waals surface area contributed by atoms with Crippen LogP contribution in [-0.2, 0) is 17.7 Å². The summed E-state index contributed by atoms with van der Waals surface area (Å²) < 4.78 is 10.8. The van der Waals surface area contributed by atoms with Gasteiger partial charge < -0.3 is 30.3 Å². The second-order valence-corrected chi connectivity index (χ2v) is 10.7. The van der Waals surface area contributed by atoms with Crippen molar-refractivity contribution >= 4 is 17.8 Å². The van der Waals surface area contributed by atoms with Gasteiger partial charge in [-0.05, 0) is 75.8 Å². The van der Waals surface area contributed by atoms with Crippen LogP contribution in [0.5, 0.6) is 11.6 Å². The molecule has 1 fully saturated rings. The van der Waals surface area contributed by atoms with E-state index in [2.05, 4.69) is 15.6 Å². The first-order chi connectivity index (χ1) is 17.5. The first-order valence-corrected chi connectivity index (χ1v) is 12.6. The number of pyridine rings is 1. The van der Waals surface area contributed by atoms with Crippen molar-refractivity contribution in [2.24, 2.45) is 0 Å². The number of aromatic hydroxyl groups is 1. The molecule has 10 heteroatoms. The molecule has 1 aliphatic heterocycles. The van der Waals surface area contributed by atoms with Crippen molar-refractivity contribution < 1.29 is 29.3 Å². The first kappa shape index (κ1) is 26.5. The van der Waals surface area contributed by atoms with Gasteiger partial charge in [-0.25, -0.2) is 4.79 Å². The Kier molecular flexibility index (Phi) is 7.77. The number of fused-ring (bicyclic) bond motifs is 1. The molecule has 1 aliphatic carbocycles. The van der Waals surface area contributed by atoms with Crippen molar-refractivity contribution in [2.45, 2.75) is 76.8 Å². The third-order valence-corrected chi connectivity index (χ3v) is 6.63. The maximum absolute atomic E-state index is 13.0. The highest BCUT2D eigenvalue weighted by Gasteiger charge is 2.37. The summed E-state index contributed by atoms with van der Waals surface area (Å²) in [4.78, 5) is 31.8. The molecule has 200 valence electrons. The molecular formula is C27H36N4O6. The number of hydrogen-bond donors (Lipinski definition) is 4. The number of rotatable bonds is 7. The summed E-state index contributed by atoms with van der Waals surface area (Å²) in [6.07, 6.45) is 2.01. The Morgan fingerprint density at radius 3 is 2.59 bits per heavy atom. The average molecular weight is 513 g/mol. The number of amides is 2. The molecule has 2 heterocycles. The van der Waals surface area contributed by atoms with Crippen LogP contribution >= 0.6 is 0 Å². The number of carbonyl (C=O) groups excluding carboxylic acids is 2. The molecule has 0 radical (unpaired) electrons. The molecule has 4 rings (SSSR count). The van der Waals surface area contributed by atoms with Crippen LogP contribution in [0.1, 0.15) is 61.5 Å². The molecule has 2 aliphatic rings. The number of phenolic OH excluding ortho intramolecular Hbond substituents is 1. The molecule has 0 spiro atoms. The fraction of sp³-hybridized carbons (Fsp3) is 0.519. The minimum atomic E-state index is -1.06. The number of hydrogen-bond acceptors (Lipinski definition) is 8. The number of anilines is 1. The maximum Gasteiger partial charge on any atom is 0.410 e. The zero-order valence-electron chi connectivity index (χ0n) is 21.8. The zero-order chi connectivity index (χ0) is 26.7. The second kappa shape index (κ2) is 10.8. The van der Waals surface area contributed by atoms with E-state index in [9.17, 15) is 19.8 Å². The third-order valence-electron chi connectivity index (χ3n) is 6.63. The van der Waals surface area contributed by atoms with E-state index in [1.807, 2.05) is 0 Å². The van der Waals surface area contributed by atoms with E-state index in [1.54, 1.807) is 51.1 Å². The van der Waals surface area contributed by atoms with Crippen LogP contribution in [0.4, 0.5) is 10.6 Å². The molecule has 1 aromatic heterocycles. The molecule has 1 aromatic carbocycles. The van der Waals surface area contributed by atoms with Crippen molar-refractivity contribution in [1.82, 2.24) is 15.2 Å². The van der Waals surface area contributed by atoms with Crippen LogP contribution in [0.2, 0.25) is 0 Å². The maximum atomic E-state index is 13.0. The number of nitrogens with one attached hydrogen (secondary N) is 2. The van der Waals surface area contributed by atoms with E-state index in [1.165, 1.54) is 18.4 Å². The van der Waals surface area contributed by atoms with Gasteiger partial charge in [0.05, 0.1) is 19.3 Å². The molecule has 1 saturated carbocycles. The van der Waals surface area contributed by atoms with Gasteiger partial charge in [0.25, 0.3) is 5.91 Å². The van der Waals surface area contributed by atoms with Crippen LogP contribution < -0.4 is 15.4 Å². The molecule has 2 aromatic rings. The summed E-state index contributed by atoms with van der Waals surface area (Å²) in [7, 11) is 1.49. The Labute approximate surface area is 217 Å². The number of ether oxygens (including phenoxy) is 2. The van der Waals surface area contributed by atoms with Gasteiger partial charge in [-0.2, -0.15) is 4.98 Å².